The maximum atomic E-state index is 13.5. The molecule has 2 unspecified atom stereocenters. The molecule has 2 aliphatic rings. The minimum Gasteiger partial charge on any atom is -0.335 e. The van der Waals surface area contributed by atoms with Gasteiger partial charge >= 0.3 is 0 Å². The Labute approximate surface area is 125 Å². The highest BCUT2D eigenvalue weighted by Crippen LogP contribution is 2.38. The maximum absolute atomic E-state index is 13.5. The monoisotopic (exact) mass is 290 g/mol. The Morgan fingerprint density at radius 3 is 2.76 bits per heavy atom. The Morgan fingerprint density at radius 1 is 1.29 bits per heavy atom. The Morgan fingerprint density at radius 2 is 2.05 bits per heavy atom. The van der Waals surface area contributed by atoms with Gasteiger partial charge in [0, 0.05) is 12.5 Å². The number of nitrogens with one attached hydrogen (secondary N) is 1. The summed E-state index contributed by atoms with van der Waals surface area (Å²) < 4.78 is 13.5. The van der Waals surface area contributed by atoms with Crippen molar-refractivity contribution in [1.82, 2.24) is 10.2 Å². The number of nitrogens with zero attached hydrogens (tertiary/aromatic N) is 1. The summed E-state index contributed by atoms with van der Waals surface area (Å²) in [5.74, 6) is 0.557. The largest absolute Gasteiger partial charge is 0.335 e. The quantitative estimate of drug-likeness (QED) is 0.908. The molecule has 2 atom stereocenters. The standard InChI is InChI=1S/C17H23FN2O/c1-12-7-10-20(17(21)13-5-8-19-9-6-13)16(12)14-3-2-4-15(18)11-14/h2-4,11-13,16,19H,5-10H2,1H3. The fourth-order valence-electron chi connectivity index (χ4n) is 3.70. The highest BCUT2D eigenvalue weighted by Gasteiger charge is 2.38. The summed E-state index contributed by atoms with van der Waals surface area (Å²) in [7, 11) is 0. The van der Waals surface area contributed by atoms with Crippen molar-refractivity contribution in [2.24, 2.45) is 11.8 Å². The molecule has 3 nitrogen and oxygen atoms in total. The van der Waals surface area contributed by atoms with E-state index in [0.717, 1.165) is 44.5 Å². The molecular formula is C17H23FN2O. The van der Waals surface area contributed by atoms with Crippen LogP contribution in [0.1, 0.15) is 37.8 Å². The molecule has 21 heavy (non-hydrogen) atoms. The average molecular weight is 290 g/mol. The number of halogens is 1. The predicted molar refractivity (Wildman–Crippen MR) is 80.2 cm³/mol. The van der Waals surface area contributed by atoms with Crippen molar-refractivity contribution < 1.29 is 9.18 Å². The molecule has 3 rings (SSSR count). The lowest BCUT2D eigenvalue weighted by atomic mass is 9.92. The van der Waals surface area contributed by atoms with Gasteiger partial charge in [-0.15, -0.1) is 0 Å². The molecule has 2 saturated heterocycles. The van der Waals surface area contributed by atoms with E-state index in [1.807, 2.05) is 11.0 Å². The molecule has 0 radical (unpaired) electrons. The van der Waals surface area contributed by atoms with Crippen molar-refractivity contribution in [3.63, 3.8) is 0 Å². The molecule has 0 aromatic heterocycles. The zero-order chi connectivity index (χ0) is 14.8. The number of rotatable bonds is 2. The van der Waals surface area contributed by atoms with E-state index in [0.29, 0.717) is 5.92 Å². The van der Waals surface area contributed by atoms with Crippen LogP contribution >= 0.6 is 0 Å². The van der Waals surface area contributed by atoms with Gasteiger partial charge in [0.1, 0.15) is 5.82 Å². The van der Waals surface area contributed by atoms with Crippen LogP contribution < -0.4 is 5.32 Å². The minimum atomic E-state index is -0.221. The fourth-order valence-corrected chi connectivity index (χ4v) is 3.70. The van der Waals surface area contributed by atoms with Crippen molar-refractivity contribution in [2.45, 2.75) is 32.2 Å². The van der Waals surface area contributed by atoms with E-state index in [9.17, 15) is 9.18 Å². The highest BCUT2D eigenvalue weighted by molar-refractivity contribution is 5.79. The van der Waals surface area contributed by atoms with E-state index in [-0.39, 0.29) is 23.7 Å². The fraction of sp³-hybridized carbons (Fsp3) is 0.588. The van der Waals surface area contributed by atoms with E-state index >= 15 is 0 Å². The first kappa shape index (κ1) is 14.5. The van der Waals surface area contributed by atoms with Crippen LogP contribution in [0, 0.1) is 17.7 Å². The summed E-state index contributed by atoms with van der Waals surface area (Å²) in [6.45, 7) is 4.80. The lowest BCUT2D eigenvalue weighted by Crippen LogP contribution is -2.41. The van der Waals surface area contributed by atoms with Gasteiger partial charge in [-0.1, -0.05) is 19.1 Å². The van der Waals surface area contributed by atoms with E-state index in [1.54, 1.807) is 12.1 Å². The Hall–Kier alpha value is -1.42. The lowest BCUT2D eigenvalue weighted by molar-refractivity contribution is -0.137. The van der Waals surface area contributed by atoms with Gasteiger partial charge in [-0.05, 0) is 56.0 Å². The minimum absolute atomic E-state index is 0.0306. The van der Waals surface area contributed by atoms with Crippen molar-refractivity contribution in [1.29, 1.82) is 0 Å². The predicted octanol–water partition coefficient (Wildman–Crippen LogP) is 2.73. The summed E-state index contributed by atoms with van der Waals surface area (Å²) in [4.78, 5) is 14.8. The van der Waals surface area contributed by atoms with Crippen LogP contribution in [0.25, 0.3) is 0 Å². The van der Waals surface area contributed by atoms with Crippen LogP contribution in [0.3, 0.4) is 0 Å². The van der Waals surface area contributed by atoms with Gasteiger partial charge in [-0.2, -0.15) is 0 Å². The lowest BCUT2D eigenvalue weighted by Gasteiger charge is -2.32. The molecule has 0 bridgehead atoms. The Bertz CT molecular complexity index is 513. The molecule has 1 aromatic rings. The molecule has 2 fully saturated rings. The third-order valence-electron chi connectivity index (χ3n) is 4.86. The van der Waals surface area contributed by atoms with Crippen LogP contribution in [0.15, 0.2) is 24.3 Å². The molecule has 0 spiro atoms. The number of likely N-dealkylation sites (tertiary alicyclic amines) is 1. The third kappa shape index (κ3) is 2.95. The molecule has 2 aliphatic heterocycles. The number of benzene rings is 1. The summed E-state index contributed by atoms with van der Waals surface area (Å²) in [5.41, 5.74) is 0.933. The second kappa shape index (κ2) is 6.14. The number of amides is 1. The van der Waals surface area contributed by atoms with Gasteiger partial charge in [-0.25, -0.2) is 4.39 Å². The van der Waals surface area contributed by atoms with Crippen molar-refractivity contribution >= 4 is 5.91 Å². The molecular weight excluding hydrogens is 267 g/mol. The van der Waals surface area contributed by atoms with E-state index in [2.05, 4.69) is 12.2 Å². The maximum Gasteiger partial charge on any atom is 0.226 e. The number of carbonyl (C=O) groups excluding carboxylic acids is 1. The summed E-state index contributed by atoms with van der Waals surface area (Å²) in [6.07, 6.45) is 2.83. The second-order valence-corrected chi connectivity index (χ2v) is 6.32. The first-order chi connectivity index (χ1) is 10.2. The molecule has 1 aromatic carbocycles. The molecule has 0 saturated carbocycles. The summed E-state index contributed by atoms with van der Waals surface area (Å²) in [6, 6.07) is 6.75. The van der Waals surface area contributed by atoms with Crippen molar-refractivity contribution in [3.05, 3.63) is 35.6 Å². The second-order valence-electron chi connectivity index (χ2n) is 6.32. The molecule has 2 heterocycles. The van der Waals surface area contributed by atoms with Gasteiger partial charge in [0.2, 0.25) is 5.91 Å². The Balaban J connectivity index is 1.81. The topological polar surface area (TPSA) is 32.3 Å². The van der Waals surface area contributed by atoms with E-state index in [1.165, 1.54) is 6.07 Å². The van der Waals surface area contributed by atoms with Crippen LogP contribution in [0.2, 0.25) is 0 Å². The number of piperidine rings is 1. The number of hydrogen-bond donors (Lipinski definition) is 1. The van der Waals surface area contributed by atoms with Crippen LogP contribution in [-0.2, 0) is 4.79 Å². The molecule has 0 aliphatic carbocycles. The van der Waals surface area contributed by atoms with Gasteiger partial charge < -0.3 is 10.2 Å². The normalized spacial score (nSPS) is 27.0. The molecule has 4 heteroatoms. The van der Waals surface area contributed by atoms with Gasteiger partial charge in [-0.3, -0.25) is 4.79 Å². The van der Waals surface area contributed by atoms with Crippen LogP contribution in [-0.4, -0.2) is 30.4 Å². The van der Waals surface area contributed by atoms with E-state index in [4.69, 9.17) is 0 Å². The zero-order valence-electron chi connectivity index (χ0n) is 12.5. The third-order valence-corrected chi connectivity index (χ3v) is 4.86. The van der Waals surface area contributed by atoms with Crippen molar-refractivity contribution in [2.75, 3.05) is 19.6 Å². The SMILES string of the molecule is CC1CCN(C(=O)C2CCNCC2)C1c1cccc(F)c1. The first-order valence-corrected chi connectivity index (χ1v) is 7.93. The summed E-state index contributed by atoms with van der Waals surface area (Å²) >= 11 is 0. The summed E-state index contributed by atoms with van der Waals surface area (Å²) in [5, 5.41) is 3.30. The Kier molecular flexibility index (Phi) is 4.24. The molecule has 1 N–H and O–H groups in total. The highest BCUT2D eigenvalue weighted by atomic mass is 19.1. The zero-order valence-corrected chi connectivity index (χ0v) is 12.5. The van der Waals surface area contributed by atoms with Crippen molar-refractivity contribution in [3.8, 4) is 0 Å². The smallest absolute Gasteiger partial charge is 0.226 e. The average Bonchev–Trinajstić information content (AvgIpc) is 2.89. The van der Waals surface area contributed by atoms with Gasteiger partial charge in [0.05, 0.1) is 6.04 Å². The van der Waals surface area contributed by atoms with E-state index < -0.39 is 0 Å². The first-order valence-electron chi connectivity index (χ1n) is 7.93. The van der Waals surface area contributed by atoms with Crippen LogP contribution in [0.5, 0.6) is 0 Å². The molecule has 114 valence electrons. The van der Waals surface area contributed by atoms with Crippen LogP contribution in [0.4, 0.5) is 4.39 Å². The molecule has 1 amide bonds. The van der Waals surface area contributed by atoms with Gasteiger partial charge in [0.25, 0.3) is 0 Å². The van der Waals surface area contributed by atoms with Gasteiger partial charge in [0.15, 0.2) is 0 Å². The number of carbonyl (C=O) groups is 1. The number of hydrogen-bond acceptors (Lipinski definition) is 2.